The van der Waals surface area contributed by atoms with Gasteiger partial charge in [0.15, 0.2) is 0 Å². The average Bonchev–Trinajstić information content (AvgIpc) is 2.47. The van der Waals surface area contributed by atoms with Crippen LogP contribution in [0.5, 0.6) is 0 Å². The van der Waals surface area contributed by atoms with E-state index in [0.29, 0.717) is 5.69 Å². The van der Waals surface area contributed by atoms with Crippen molar-refractivity contribution < 1.29 is 4.79 Å². The first-order valence-electron chi connectivity index (χ1n) is 6.69. The fourth-order valence-corrected chi connectivity index (χ4v) is 2.60. The number of rotatable bonds is 2. The van der Waals surface area contributed by atoms with Gasteiger partial charge in [-0.3, -0.25) is 4.79 Å². The Bertz CT molecular complexity index is 618. The molecule has 19 heavy (non-hydrogen) atoms. The molecule has 0 bridgehead atoms. The van der Waals surface area contributed by atoms with E-state index in [9.17, 15) is 4.79 Å². The summed E-state index contributed by atoms with van der Waals surface area (Å²) in [5, 5.41) is 1.05. The number of fused-ring (bicyclic) bond motifs is 1. The molecule has 0 aliphatic carbocycles. The molecule has 0 radical (unpaired) electrons. The number of primary amides is 1. The van der Waals surface area contributed by atoms with Gasteiger partial charge in [0.05, 0.1) is 5.52 Å². The highest BCUT2D eigenvalue weighted by molar-refractivity contribution is 5.94. The van der Waals surface area contributed by atoms with E-state index < -0.39 is 5.91 Å². The van der Waals surface area contributed by atoms with Crippen molar-refractivity contribution in [1.82, 2.24) is 4.98 Å². The van der Waals surface area contributed by atoms with Gasteiger partial charge in [0.1, 0.15) is 5.69 Å². The Labute approximate surface area is 112 Å². The predicted octanol–water partition coefficient (Wildman–Crippen LogP) is 2.32. The SMILES string of the molecule is NC(=O)c1ccc2cc(N3CCCCC3)ccc2n1. The monoisotopic (exact) mass is 255 g/mol. The summed E-state index contributed by atoms with van der Waals surface area (Å²) in [6.45, 7) is 2.25. The van der Waals surface area contributed by atoms with E-state index in [2.05, 4.69) is 22.0 Å². The number of pyridine rings is 1. The number of amides is 1. The fraction of sp³-hybridized carbons (Fsp3) is 0.333. The van der Waals surface area contributed by atoms with Gasteiger partial charge in [-0.2, -0.15) is 0 Å². The zero-order valence-corrected chi connectivity index (χ0v) is 10.8. The van der Waals surface area contributed by atoms with E-state index in [1.165, 1.54) is 24.9 Å². The summed E-state index contributed by atoms with van der Waals surface area (Å²) < 4.78 is 0. The van der Waals surface area contributed by atoms with Crippen LogP contribution in [0.25, 0.3) is 10.9 Å². The first-order chi connectivity index (χ1) is 9.24. The second kappa shape index (κ2) is 4.88. The number of piperidine rings is 1. The first-order valence-corrected chi connectivity index (χ1v) is 6.69. The minimum Gasteiger partial charge on any atom is -0.372 e. The van der Waals surface area contributed by atoms with Crippen LogP contribution in [0.15, 0.2) is 30.3 Å². The van der Waals surface area contributed by atoms with Crippen LogP contribution >= 0.6 is 0 Å². The lowest BCUT2D eigenvalue weighted by Crippen LogP contribution is -2.29. The van der Waals surface area contributed by atoms with Crippen molar-refractivity contribution >= 4 is 22.5 Å². The van der Waals surface area contributed by atoms with Crippen LogP contribution in [0, 0.1) is 0 Å². The van der Waals surface area contributed by atoms with Gasteiger partial charge in [0, 0.05) is 24.2 Å². The maximum atomic E-state index is 11.1. The Kier molecular flexibility index (Phi) is 3.07. The normalized spacial score (nSPS) is 15.7. The highest BCUT2D eigenvalue weighted by Crippen LogP contribution is 2.24. The van der Waals surface area contributed by atoms with Crippen LogP contribution in [-0.2, 0) is 0 Å². The van der Waals surface area contributed by atoms with Crippen LogP contribution in [0.4, 0.5) is 5.69 Å². The largest absolute Gasteiger partial charge is 0.372 e. The van der Waals surface area contributed by atoms with Gasteiger partial charge < -0.3 is 10.6 Å². The van der Waals surface area contributed by atoms with Crippen molar-refractivity contribution in [3.63, 3.8) is 0 Å². The number of anilines is 1. The minimum absolute atomic E-state index is 0.318. The molecule has 0 unspecified atom stereocenters. The lowest BCUT2D eigenvalue weighted by atomic mass is 10.1. The summed E-state index contributed by atoms with van der Waals surface area (Å²) in [6, 6.07) is 9.77. The standard InChI is InChI=1S/C15H17N3O/c16-15(19)14-6-4-11-10-12(5-7-13(11)17-14)18-8-2-1-3-9-18/h4-7,10H,1-3,8-9H2,(H2,16,19). The van der Waals surface area contributed by atoms with E-state index >= 15 is 0 Å². The average molecular weight is 255 g/mol. The van der Waals surface area contributed by atoms with Gasteiger partial charge >= 0.3 is 0 Å². The second-order valence-corrected chi connectivity index (χ2v) is 4.99. The van der Waals surface area contributed by atoms with Crippen LogP contribution < -0.4 is 10.6 Å². The predicted molar refractivity (Wildman–Crippen MR) is 76.3 cm³/mol. The van der Waals surface area contributed by atoms with E-state index in [0.717, 1.165) is 24.0 Å². The summed E-state index contributed by atoms with van der Waals surface area (Å²) in [5.74, 6) is -0.484. The van der Waals surface area contributed by atoms with Gasteiger partial charge in [-0.25, -0.2) is 4.98 Å². The van der Waals surface area contributed by atoms with E-state index in [4.69, 9.17) is 5.73 Å². The molecule has 1 aromatic heterocycles. The van der Waals surface area contributed by atoms with Gasteiger partial charge in [0.25, 0.3) is 5.91 Å². The quantitative estimate of drug-likeness (QED) is 0.896. The summed E-state index contributed by atoms with van der Waals surface area (Å²) >= 11 is 0. The maximum Gasteiger partial charge on any atom is 0.267 e. The topological polar surface area (TPSA) is 59.2 Å². The van der Waals surface area contributed by atoms with Crippen molar-refractivity contribution in [3.05, 3.63) is 36.0 Å². The summed E-state index contributed by atoms with van der Waals surface area (Å²) in [6.07, 6.45) is 3.85. The number of nitrogens with two attached hydrogens (primary N) is 1. The molecule has 4 heteroatoms. The Balaban J connectivity index is 1.97. The van der Waals surface area contributed by atoms with Crippen LogP contribution in [0.3, 0.4) is 0 Å². The van der Waals surface area contributed by atoms with Crippen molar-refractivity contribution in [2.24, 2.45) is 5.73 Å². The number of nitrogens with zero attached hydrogens (tertiary/aromatic N) is 2. The Morgan fingerprint density at radius 3 is 2.63 bits per heavy atom. The summed E-state index contributed by atoms with van der Waals surface area (Å²) in [7, 11) is 0. The zero-order valence-electron chi connectivity index (χ0n) is 10.8. The second-order valence-electron chi connectivity index (χ2n) is 4.99. The van der Waals surface area contributed by atoms with Crippen molar-refractivity contribution in [2.75, 3.05) is 18.0 Å². The van der Waals surface area contributed by atoms with Gasteiger partial charge in [0.2, 0.25) is 0 Å². The molecule has 1 aliphatic rings. The number of carbonyl (C=O) groups excluding carboxylic acids is 1. The van der Waals surface area contributed by atoms with Gasteiger partial charge in [-0.1, -0.05) is 6.07 Å². The molecule has 2 N–H and O–H groups in total. The molecular formula is C15H17N3O. The Morgan fingerprint density at radius 1 is 1.11 bits per heavy atom. The van der Waals surface area contributed by atoms with Gasteiger partial charge in [-0.15, -0.1) is 0 Å². The van der Waals surface area contributed by atoms with Crippen molar-refractivity contribution in [1.29, 1.82) is 0 Å². The van der Waals surface area contributed by atoms with Gasteiger partial charge in [-0.05, 0) is 43.5 Å². The molecule has 1 aromatic carbocycles. The minimum atomic E-state index is -0.484. The number of hydrogen-bond acceptors (Lipinski definition) is 3. The number of hydrogen-bond donors (Lipinski definition) is 1. The third-order valence-corrected chi connectivity index (χ3v) is 3.65. The van der Waals surface area contributed by atoms with E-state index in [-0.39, 0.29) is 0 Å². The first kappa shape index (κ1) is 12.0. The molecular weight excluding hydrogens is 238 g/mol. The molecule has 1 amide bonds. The van der Waals surface area contributed by atoms with E-state index in [1.54, 1.807) is 6.07 Å². The lowest BCUT2D eigenvalue weighted by molar-refractivity contribution is 0.0996. The highest BCUT2D eigenvalue weighted by atomic mass is 16.1. The fourth-order valence-electron chi connectivity index (χ4n) is 2.60. The number of aromatic nitrogens is 1. The molecule has 1 fully saturated rings. The molecule has 2 heterocycles. The molecule has 98 valence electrons. The third kappa shape index (κ3) is 2.38. The van der Waals surface area contributed by atoms with Crippen molar-refractivity contribution in [2.45, 2.75) is 19.3 Å². The summed E-state index contributed by atoms with van der Waals surface area (Å²) in [4.78, 5) is 17.8. The van der Waals surface area contributed by atoms with E-state index in [1.807, 2.05) is 12.1 Å². The Hall–Kier alpha value is -2.10. The summed E-state index contributed by atoms with van der Waals surface area (Å²) in [5.41, 5.74) is 7.61. The van der Waals surface area contributed by atoms with Crippen molar-refractivity contribution in [3.8, 4) is 0 Å². The number of carbonyl (C=O) groups is 1. The molecule has 1 aliphatic heterocycles. The smallest absolute Gasteiger partial charge is 0.267 e. The highest BCUT2D eigenvalue weighted by Gasteiger charge is 2.11. The number of benzene rings is 1. The maximum absolute atomic E-state index is 11.1. The van der Waals surface area contributed by atoms with Crippen LogP contribution in [0.2, 0.25) is 0 Å². The Morgan fingerprint density at radius 2 is 1.89 bits per heavy atom. The van der Waals surface area contributed by atoms with Crippen LogP contribution in [-0.4, -0.2) is 24.0 Å². The van der Waals surface area contributed by atoms with Crippen LogP contribution in [0.1, 0.15) is 29.8 Å². The molecule has 0 saturated carbocycles. The molecule has 1 saturated heterocycles. The molecule has 3 rings (SSSR count). The zero-order chi connectivity index (χ0) is 13.2. The molecule has 0 spiro atoms. The molecule has 0 atom stereocenters. The molecule has 2 aromatic rings. The third-order valence-electron chi connectivity index (χ3n) is 3.65. The molecule has 4 nitrogen and oxygen atoms in total. The lowest BCUT2D eigenvalue weighted by Gasteiger charge is -2.28.